The smallest absolute Gasteiger partial charge is 0.195 e. The molecular formula is C18H19BrN2OS. The third-order valence-electron chi connectivity index (χ3n) is 4.57. The number of hydrogen-bond donors (Lipinski definition) is 0. The van der Waals surface area contributed by atoms with Gasteiger partial charge in [0.05, 0.1) is 20.4 Å². The fraction of sp³-hybridized carbons (Fsp3) is 0.389. The van der Waals surface area contributed by atoms with Crippen LogP contribution < -0.4 is 4.74 Å². The van der Waals surface area contributed by atoms with E-state index in [1.54, 1.807) is 11.3 Å². The molecule has 2 aromatic rings. The van der Waals surface area contributed by atoms with E-state index in [1.165, 1.54) is 10.4 Å². The van der Waals surface area contributed by atoms with Gasteiger partial charge in [-0.25, -0.2) is 5.01 Å². The van der Waals surface area contributed by atoms with E-state index in [2.05, 4.69) is 65.1 Å². The molecule has 2 aliphatic rings. The van der Waals surface area contributed by atoms with Crippen molar-refractivity contribution in [3.8, 4) is 5.75 Å². The minimum absolute atomic E-state index is 0.271. The molecule has 3 nitrogen and oxygen atoms in total. The summed E-state index contributed by atoms with van der Waals surface area (Å²) in [5.41, 5.74) is 2.04. The summed E-state index contributed by atoms with van der Waals surface area (Å²) in [6.45, 7) is 4.36. The Balaban J connectivity index is 1.77. The van der Waals surface area contributed by atoms with Crippen LogP contribution in [0.15, 0.2) is 45.3 Å². The molecule has 2 atom stereocenters. The number of halogens is 1. The van der Waals surface area contributed by atoms with Crippen LogP contribution in [0.4, 0.5) is 0 Å². The van der Waals surface area contributed by atoms with E-state index in [0.29, 0.717) is 0 Å². The fourth-order valence-electron chi connectivity index (χ4n) is 3.57. The van der Waals surface area contributed by atoms with Gasteiger partial charge in [-0.3, -0.25) is 0 Å². The van der Waals surface area contributed by atoms with Crippen molar-refractivity contribution in [2.24, 2.45) is 5.10 Å². The Labute approximate surface area is 149 Å². The predicted octanol–water partition coefficient (Wildman–Crippen LogP) is 5.57. The summed E-state index contributed by atoms with van der Waals surface area (Å²) in [4.78, 5) is 1.24. The highest BCUT2D eigenvalue weighted by atomic mass is 79.9. The Hall–Kier alpha value is -1.33. The molecule has 3 heterocycles. The summed E-state index contributed by atoms with van der Waals surface area (Å²) in [5.74, 6) is 1.01. The van der Waals surface area contributed by atoms with Gasteiger partial charge >= 0.3 is 0 Å². The summed E-state index contributed by atoms with van der Waals surface area (Å²) in [5, 5.41) is 7.18. The van der Waals surface area contributed by atoms with Crippen LogP contribution in [0.1, 0.15) is 49.6 Å². The molecule has 1 aromatic carbocycles. The monoisotopic (exact) mass is 390 g/mol. The number of para-hydroxylation sites is 1. The Bertz CT molecular complexity index is 772. The van der Waals surface area contributed by atoms with Crippen molar-refractivity contribution in [2.75, 3.05) is 0 Å². The molecule has 0 saturated heterocycles. The topological polar surface area (TPSA) is 24.8 Å². The number of hydrazone groups is 1. The molecule has 0 spiro atoms. The van der Waals surface area contributed by atoms with Crippen molar-refractivity contribution in [3.05, 3.63) is 50.6 Å². The first-order valence-electron chi connectivity index (χ1n) is 8.01. The third kappa shape index (κ3) is 2.50. The zero-order chi connectivity index (χ0) is 16.0. The summed E-state index contributed by atoms with van der Waals surface area (Å²) in [6.07, 6.45) is 2.96. The van der Waals surface area contributed by atoms with Crippen molar-refractivity contribution in [2.45, 2.75) is 44.9 Å². The summed E-state index contributed by atoms with van der Waals surface area (Å²) in [6, 6.07) is 12.9. The summed E-state index contributed by atoms with van der Waals surface area (Å²) < 4.78 is 7.52. The molecule has 0 radical (unpaired) electrons. The molecule has 23 heavy (non-hydrogen) atoms. The van der Waals surface area contributed by atoms with Gasteiger partial charge in [0.2, 0.25) is 0 Å². The maximum absolute atomic E-state index is 6.38. The molecular weight excluding hydrogens is 372 g/mol. The van der Waals surface area contributed by atoms with Crippen LogP contribution in [-0.4, -0.2) is 16.4 Å². The minimum atomic E-state index is -0.371. The van der Waals surface area contributed by atoms with Crippen molar-refractivity contribution in [1.29, 1.82) is 0 Å². The van der Waals surface area contributed by atoms with Gasteiger partial charge < -0.3 is 4.74 Å². The van der Waals surface area contributed by atoms with Gasteiger partial charge in [0.15, 0.2) is 5.72 Å². The average Bonchev–Trinajstić information content (AvgIpc) is 3.14. The second-order valence-electron chi connectivity index (χ2n) is 6.28. The second-order valence-corrected chi connectivity index (χ2v) is 8.74. The lowest BCUT2D eigenvalue weighted by Crippen LogP contribution is -2.51. The first-order valence-corrected chi connectivity index (χ1v) is 9.62. The van der Waals surface area contributed by atoms with Crippen molar-refractivity contribution < 1.29 is 4.74 Å². The number of benzene rings is 1. The zero-order valence-electron chi connectivity index (χ0n) is 13.3. The van der Waals surface area contributed by atoms with Crippen LogP contribution in [0.5, 0.6) is 5.75 Å². The van der Waals surface area contributed by atoms with E-state index >= 15 is 0 Å². The molecule has 4 rings (SSSR count). The van der Waals surface area contributed by atoms with Gasteiger partial charge in [-0.1, -0.05) is 31.5 Å². The molecule has 2 aliphatic heterocycles. The van der Waals surface area contributed by atoms with Crippen molar-refractivity contribution in [1.82, 2.24) is 5.01 Å². The largest absolute Gasteiger partial charge is 0.466 e. The quantitative estimate of drug-likeness (QED) is 0.683. The van der Waals surface area contributed by atoms with Crippen LogP contribution in [-0.2, 0) is 0 Å². The number of ether oxygens (including phenoxy) is 1. The van der Waals surface area contributed by atoms with E-state index < -0.39 is 0 Å². The SMILES string of the molecule is CCC[C@]1(C)Oc2ccccc2[C@H]2CC(c3ccc(Br)s3)=NN21. The van der Waals surface area contributed by atoms with E-state index in [1.807, 2.05) is 6.07 Å². The molecule has 120 valence electrons. The molecule has 0 N–H and O–H groups in total. The fourth-order valence-corrected chi connectivity index (χ4v) is 4.95. The molecule has 0 amide bonds. The molecule has 0 bridgehead atoms. The minimum Gasteiger partial charge on any atom is -0.466 e. The van der Waals surface area contributed by atoms with Crippen molar-refractivity contribution >= 4 is 33.0 Å². The van der Waals surface area contributed by atoms with E-state index in [9.17, 15) is 0 Å². The summed E-state index contributed by atoms with van der Waals surface area (Å²) >= 11 is 5.30. The Morgan fingerprint density at radius 2 is 2.17 bits per heavy atom. The van der Waals surface area contributed by atoms with Crippen LogP contribution >= 0.6 is 27.3 Å². The average molecular weight is 391 g/mol. The van der Waals surface area contributed by atoms with E-state index in [0.717, 1.165) is 34.5 Å². The number of nitrogens with zero attached hydrogens (tertiary/aromatic N) is 2. The Kier molecular flexibility index (Phi) is 3.73. The van der Waals surface area contributed by atoms with E-state index in [4.69, 9.17) is 9.84 Å². The first kappa shape index (κ1) is 15.2. The van der Waals surface area contributed by atoms with Gasteiger partial charge in [-0.2, -0.15) is 5.10 Å². The Morgan fingerprint density at radius 1 is 1.35 bits per heavy atom. The highest BCUT2D eigenvalue weighted by molar-refractivity contribution is 9.11. The first-order chi connectivity index (χ1) is 11.1. The highest BCUT2D eigenvalue weighted by Gasteiger charge is 2.47. The van der Waals surface area contributed by atoms with Crippen LogP contribution in [0.2, 0.25) is 0 Å². The highest BCUT2D eigenvalue weighted by Crippen LogP contribution is 2.48. The number of fused-ring (bicyclic) bond motifs is 3. The van der Waals surface area contributed by atoms with Gasteiger partial charge in [0.1, 0.15) is 5.75 Å². The lowest BCUT2D eigenvalue weighted by Gasteiger charge is -2.45. The summed E-state index contributed by atoms with van der Waals surface area (Å²) in [7, 11) is 0. The zero-order valence-corrected chi connectivity index (χ0v) is 15.7. The van der Waals surface area contributed by atoms with Gasteiger partial charge in [-0.15, -0.1) is 11.3 Å². The van der Waals surface area contributed by atoms with Gasteiger partial charge in [0, 0.05) is 18.4 Å². The lowest BCUT2D eigenvalue weighted by atomic mass is 9.95. The van der Waals surface area contributed by atoms with Crippen LogP contribution in [0.25, 0.3) is 0 Å². The molecule has 0 aliphatic carbocycles. The second kappa shape index (κ2) is 5.64. The lowest BCUT2D eigenvalue weighted by molar-refractivity contribution is -0.111. The standard InChI is InChI=1S/C18H19BrN2OS/c1-3-10-18(2)21-14(12-6-4-5-7-15(12)22-18)11-13(20-21)16-8-9-17(19)23-16/h4-9,14H,3,10-11H2,1-2H3/t14-,18+/m1/s1. The number of rotatable bonds is 3. The molecule has 1 aromatic heterocycles. The Morgan fingerprint density at radius 3 is 2.91 bits per heavy atom. The normalized spacial score (nSPS) is 25.6. The van der Waals surface area contributed by atoms with Crippen LogP contribution in [0, 0.1) is 0 Å². The maximum atomic E-state index is 6.38. The molecule has 0 fully saturated rings. The molecule has 0 saturated carbocycles. The third-order valence-corrected chi connectivity index (χ3v) is 6.25. The predicted molar refractivity (Wildman–Crippen MR) is 98.1 cm³/mol. The van der Waals surface area contributed by atoms with Gasteiger partial charge in [-0.05, 0) is 41.1 Å². The van der Waals surface area contributed by atoms with Gasteiger partial charge in [0.25, 0.3) is 0 Å². The number of thiophene rings is 1. The molecule has 0 unspecified atom stereocenters. The maximum Gasteiger partial charge on any atom is 0.195 e. The number of hydrogen-bond acceptors (Lipinski definition) is 4. The van der Waals surface area contributed by atoms with E-state index in [-0.39, 0.29) is 11.8 Å². The van der Waals surface area contributed by atoms with Crippen molar-refractivity contribution in [3.63, 3.8) is 0 Å². The molecule has 5 heteroatoms. The van der Waals surface area contributed by atoms with Crippen LogP contribution in [0.3, 0.4) is 0 Å².